The monoisotopic (exact) mass is 400 g/mol. The fraction of sp³-hybridized carbons (Fsp3) is 0.200. The van der Waals surface area contributed by atoms with E-state index in [0.717, 1.165) is 17.1 Å². The van der Waals surface area contributed by atoms with Crippen LogP contribution in [0.4, 0.5) is 4.79 Å². The SMILES string of the molecule is Cn1ccnc1C(NC(=O)NCCSc1ccccc1)c1ccc(Cl)cc1. The van der Waals surface area contributed by atoms with Gasteiger partial charge in [0.2, 0.25) is 0 Å². The molecule has 1 atom stereocenters. The lowest BCUT2D eigenvalue weighted by Crippen LogP contribution is -2.40. The molecular formula is C20H21ClN4OS. The summed E-state index contributed by atoms with van der Waals surface area (Å²) in [6.07, 6.45) is 3.57. The Morgan fingerprint density at radius 3 is 2.59 bits per heavy atom. The molecule has 0 fully saturated rings. The van der Waals surface area contributed by atoms with Crippen LogP contribution in [0.5, 0.6) is 0 Å². The van der Waals surface area contributed by atoms with Gasteiger partial charge in [-0.25, -0.2) is 9.78 Å². The molecule has 0 saturated heterocycles. The van der Waals surface area contributed by atoms with Crippen molar-refractivity contribution >= 4 is 29.4 Å². The van der Waals surface area contributed by atoms with Gasteiger partial charge in [0.25, 0.3) is 0 Å². The van der Waals surface area contributed by atoms with Gasteiger partial charge in [0.1, 0.15) is 11.9 Å². The summed E-state index contributed by atoms with van der Waals surface area (Å²) in [6, 6.07) is 16.9. The maximum atomic E-state index is 12.4. The molecular weight excluding hydrogens is 380 g/mol. The Kier molecular flexibility index (Phi) is 6.79. The number of urea groups is 1. The van der Waals surface area contributed by atoms with E-state index in [0.29, 0.717) is 11.6 Å². The van der Waals surface area contributed by atoms with Crippen LogP contribution in [0.15, 0.2) is 71.9 Å². The highest BCUT2D eigenvalue weighted by molar-refractivity contribution is 7.99. The number of nitrogens with one attached hydrogen (secondary N) is 2. The van der Waals surface area contributed by atoms with Gasteiger partial charge in [0.15, 0.2) is 0 Å². The van der Waals surface area contributed by atoms with E-state index >= 15 is 0 Å². The normalized spacial score (nSPS) is 11.8. The van der Waals surface area contributed by atoms with Gasteiger partial charge in [0.05, 0.1) is 0 Å². The van der Waals surface area contributed by atoms with Gasteiger partial charge < -0.3 is 15.2 Å². The van der Waals surface area contributed by atoms with Crippen molar-refractivity contribution in [1.29, 1.82) is 0 Å². The summed E-state index contributed by atoms with van der Waals surface area (Å²) < 4.78 is 1.89. The first-order valence-electron chi connectivity index (χ1n) is 8.58. The van der Waals surface area contributed by atoms with Crippen LogP contribution >= 0.6 is 23.4 Å². The largest absolute Gasteiger partial charge is 0.337 e. The molecule has 2 aromatic carbocycles. The number of carbonyl (C=O) groups excluding carboxylic acids is 1. The number of hydrogen-bond acceptors (Lipinski definition) is 3. The summed E-state index contributed by atoms with van der Waals surface area (Å²) >= 11 is 7.70. The molecule has 27 heavy (non-hydrogen) atoms. The number of rotatable bonds is 7. The Morgan fingerprint density at radius 1 is 1.19 bits per heavy atom. The van der Waals surface area contributed by atoms with Crippen LogP contribution in [0, 0.1) is 0 Å². The Balaban J connectivity index is 1.59. The predicted octanol–water partition coefficient (Wildman–Crippen LogP) is 4.25. The van der Waals surface area contributed by atoms with Crippen molar-refractivity contribution in [3.8, 4) is 0 Å². The minimum absolute atomic E-state index is 0.230. The van der Waals surface area contributed by atoms with Crippen LogP contribution in [-0.2, 0) is 7.05 Å². The van der Waals surface area contributed by atoms with Crippen molar-refractivity contribution in [3.63, 3.8) is 0 Å². The van der Waals surface area contributed by atoms with E-state index in [1.54, 1.807) is 18.0 Å². The van der Waals surface area contributed by atoms with Crippen LogP contribution < -0.4 is 10.6 Å². The third-order valence-electron chi connectivity index (χ3n) is 3.99. The molecule has 3 rings (SSSR count). The lowest BCUT2D eigenvalue weighted by Gasteiger charge is -2.19. The Bertz CT molecular complexity index is 867. The smallest absolute Gasteiger partial charge is 0.315 e. The lowest BCUT2D eigenvalue weighted by molar-refractivity contribution is 0.238. The minimum atomic E-state index is -0.357. The summed E-state index contributed by atoms with van der Waals surface area (Å²) in [5.74, 6) is 1.55. The molecule has 0 saturated carbocycles. The van der Waals surface area contributed by atoms with Crippen molar-refractivity contribution in [3.05, 3.63) is 83.4 Å². The molecule has 0 radical (unpaired) electrons. The van der Waals surface area contributed by atoms with Gasteiger partial charge in [-0.15, -0.1) is 11.8 Å². The molecule has 0 aliphatic heterocycles. The lowest BCUT2D eigenvalue weighted by atomic mass is 10.1. The summed E-state index contributed by atoms with van der Waals surface area (Å²) in [7, 11) is 1.90. The standard InChI is InChI=1S/C20H21ClN4OS/c1-25-13-11-22-19(25)18(15-7-9-16(21)10-8-15)24-20(26)23-12-14-27-17-5-3-2-4-6-17/h2-11,13,18H,12,14H2,1H3,(H2,23,24,26). The van der Waals surface area contributed by atoms with E-state index in [-0.39, 0.29) is 12.1 Å². The molecule has 1 aromatic heterocycles. The van der Waals surface area contributed by atoms with Gasteiger partial charge >= 0.3 is 6.03 Å². The quantitative estimate of drug-likeness (QED) is 0.460. The highest BCUT2D eigenvalue weighted by atomic mass is 35.5. The zero-order chi connectivity index (χ0) is 19.1. The molecule has 5 nitrogen and oxygen atoms in total. The Labute approximate surface area is 168 Å². The third kappa shape index (κ3) is 5.52. The van der Waals surface area contributed by atoms with Crippen LogP contribution in [0.3, 0.4) is 0 Å². The molecule has 0 aliphatic carbocycles. The van der Waals surface area contributed by atoms with Crippen LogP contribution in [0.2, 0.25) is 5.02 Å². The number of hydrogen-bond donors (Lipinski definition) is 2. The average Bonchev–Trinajstić information content (AvgIpc) is 3.11. The maximum Gasteiger partial charge on any atom is 0.315 e. The van der Waals surface area contributed by atoms with Gasteiger partial charge in [0, 0.05) is 41.7 Å². The molecule has 1 heterocycles. The van der Waals surface area contributed by atoms with Gasteiger partial charge in [-0.1, -0.05) is 41.9 Å². The molecule has 1 unspecified atom stereocenters. The molecule has 2 amide bonds. The number of halogens is 1. The summed E-state index contributed by atoms with van der Waals surface area (Å²) in [4.78, 5) is 18.0. The summed E-state index contributed by atoms with van der Waals surface area (Å²) in [5, 5.41) is 6.57. The van der Waals surface area contributed by atoms with E-state index < -0.39 is 0 Å². The van der Waals surface area contributed by atoms with Crippen molar-refractivity contribution in [2.24, 2.45) is 7.05 Å². The first kappa shape index (κ1) is 19.3. The third-order valence-corrected chi connectivity index (χ3v) is 5.26. The van der Waals surface area contributed by atoms with Crippen LogP contribution in [0.25, 0.3) is 0 Å². The molecule has 0 aliphatic rings. The second-order valence-corrected chi connectivity index (χ2v) is 7.55. The van der Waals surface area contributed by atoms with Crippen molar-refractivity contribution in [2.75, 3.05) is 12.3 Å². The number of imidazole rings is 1. The highest BCUT2D eigenvalue weighted by Crippen LogP contribution is 2.22. The number of aryl methyl sites for hydroxylation is 1. The van der Waals surface area contributed by atoms with E-state index in [1.807, 2.05) is 60.3 Å². The fourth-order valence-electron chi connectivity index (χ4n) is 2.64. The van der Waals surface area contributed by atoms with E-state index in [1.165, 1.54) is 4.90 Å². The average molecular weight is 401 g/mol. The van der Waals surface area contributed by atoms with E-state index in [4.69, 9.17) is 11.6 Å². The molecule has 7 heteroatoms. The summed E-state index contributed by atoms with van der Waals surface area (Å²) in [6.45, 7) is 0.569. The van der Waals surface area contributed by atoms with Crippen molar-refractivity contribution < 1.29 is 4.79 Å². The topological polar surface area (TPSA) is 59.0 Å². The zero-order valence-electron chi connectivity index (χ0n) is 14.9. The number of nitrogens with zero attached hydrogens (tertiary/aromatic N) is 2. The highest BCUT2D eigenvalue weighted by Gasteiger charge is 2.20. The number of aromatic nitrogens is 2. The van der Waals surface area contributed by atoms with Gasteiger partial charge in [-0.2, -0.15) is 0 Å². The Morgan fingerprint density at radius 2 is 1.93 bits per heavy atom. The number of amides is 2. The van der Waals surface area contributed by atoms with Gasteiger partial charge in [-0.3, -0.25) is 0 Å². The fourth-order valence-corrected chi connectivity index (χ4v) is 3.56. The number of thioether (sulfide) groups is 1. The second kappa shape index (κ2) is 9.48. The van der Waals surface area contributed by atoms with Crippen molar-refractivity contribution in [1.82, 2.24) is 20.2 Å². The number of carbonyl (C=O) groups is 1. The second-order valence-electron chi connectivity index (χ2n) is 5.94. The van der Waals surface area contributed by atoms with Crippen LogP contribution in [0.1, 0.15) is 17.4 Å². The van der Waals surface area contributed by atoms with E-state index in [9.17, 15) is 4.79 Å². The predicted molar refractivity (Wildman–Crippen MR) is 110 cm³/mol. The molecule has 3 aromatic rings. The van der Waals surface area contributed by atoms with Crippen molar-refractivity contribution in [2.45, 2.75) is 10.9 Å². The number of benzene rings is 2. The maximum absolute atomic E-state index is 12.4. The molecule has 2 N–H and O–H groups in total. The zero-order valence-corrected chi connectivity index (χ0v) is 16.5. The first-order valence-corrected chi connectivity index (χ1v) is 9.95. The molecule has 0 bridgehead atoms. The van der Waals surface area contributed by atoms with Gasteiger partial charge in [-0.05, 0) is 29.8 Å². The van der Waals surface area contributed by atoms with Crippen LogP contribution in [-0.4, -0.2) is 27.9 Å². The first-order chi connectivity index (χ1) is 13.1. The summed E-state index contributed by atoms with van der Waals surface area (Å²) in [5.41, 5.74) is 0.919. The van der Waals surface area contributed by atoms with E-state index in [2.05, 4.69) is 27.8 Å². The Hall–Kier alpha value is -2.44. The molecule has 0 spiro atoms. The molecule has 140 valence electrons. The minimum Gasteiger partial charge on any atom is -0.337 e.